The van der Waals surface area contributed by atoms with Crippen LogP contribution in [-0.4, -0.2) is 25.4 Å². The molecular weight excluding hydrogens is 436 g/mol. The number of methoxy groups -OCH3 is 2. The van der Waals surface area contributed by atoms with E-state index in [1.165, 1.54) is 34.9 Å². The first-order valence-electron chi connectivity index (χ1n) is 9.95. The summed E-state index contributed by atoms with van der Waals surface area (Å²) in [6, 6.07) is 8.30. The Balaban J connectivity index is 2.02. The van der Waals surface area contributed by atoms with Gasteiger partial charge in [-0.05, 0) is 67.2 Å². The van der Waals surface area contributed by atoms with Gasteiger partial charge in [0.1, 0.15) is 5.75 Å². The molecule has 0 bridgehead atoms. The summed E-state index contributed by atoms with van der Waals surface area (Å²) in [4.78, 5) is 13.6. The molecule has 3 atom stereocenters. The number of esters is 1. The maximum atomic E-state index is 12.4. The minimum absolute atomic E-state index is 0.0274. The third kappa shape index (κ3) is 4.16. The molecule has 154 valence electrons. The van der Waals surface area contributed by atoms with E-state index in [0.29, 0.717) is 17.6 Å². The molecule has 0 amide bonds. The van der Waals surface area contributed by atoms with Gasteiger partial charge >= 0.3 is 5.97 Å². The van der Waals surface area contributed by atoms with Crippen LogP contribution in [0.4, 0.5) is 0 Å². The van der Waals surface area contributed by atoms with Gasteiger partial charge in [-0.2, -0.15) is 0 Å². The van der Waals surface area contributed by atoms with Crippen molar-refractivity contribution in [3.8, 4) is 5.75 Å². The second kappa shape index (κ2) is 8.43. The highest BCUT2D eigenvalue weighted by molar-refractivity contribution is 9.12. The molecule has 0 unspecified atom stereocenters. The molecule has 1 aromatic rings. The first-order chi connectivity index (χ1) is 13.2. The third-order valence-electron chi connectivity index (χ3n) is 6.62. The van der Waals surface area contributed by atoms with Crippen LogP contribution in [0.1, 0.15) is 52.9 Å². The predicted molar refractivity (Wildman–Crippen MR) is 119 cm³/mol. The fourth-order valence-electron chi connectivity index (χ4n) is 5.51. The Morgan fingerprint density at radius 1 is 1.21 bits per heavy atom. The van der Waals surface area contributed by atoms with Gasteiger partial charge < -0.3 is 9.47 Å². The van der Waals surface area contributed by atoms with Gasteiger partial charge in [-0.3, -0.25) is 4.79 Å². The normalized spacial score (nSPS) is 29.2. The third-order valence-corrected chi connectivity index (χ3v) is 9.40. The molecule has 1 fully saturated rings. The standard InChI is InChI=1S/C23H31BrO3S/c1-15-13-23(14-18(25)27-5)12-6-11-22(2,3)21(23)20(19(15)24)28-17-9-7-16(26-4)8-10-17/h7-10,20-21H,6,11-14H2,1-5H3/t20-,21-,23-/m0/s1. The summed E-state index contributed by atoms with van der Waals surface area (Å²) in [6.07, 6.45) is 4.93. The Morgan fingerprint density at radius 3 is 2.50 bits per heavy atom. The van der Waals surface area contributed by atoms with Crippen LogP contribution in [0.3, 0.4) is 0 Å². The van der Waals surface area contributed by atoms with Crippen LogP contribution < -0.4 is 4.74 Å². The van der Waals surface area contributed by atoms with E-state index in [0.717, 1.165) is 18.6 Å². The molecule has 0 saturated heterocycles. The predicted octanol–water partition coefficient (Wildman–Crippen LogP) is 6.60. The summed E-state index contributed by atoms with van der Waals surface area (Å²) in [6.45, 7) is 6.97. The Kier molecular flexibility index (Phi) is 6.55. The zero-order chi connectivity index (χ0) is 20.5. The van der Waals surface area contributed by atoms with Crippen molar-refractivity contribution in [1.29, 1.82) is 0 Å². The van der Waals surface area contributed by atoms with Gasteiger partial charge in [0.2, 0.25) is 0 Å². The highest BCUT2D eigenvalue weighted by atomic mass is 79.9. The topological polar surface area (TPSA) is 35.5 Å². The molecule has 2 aliphatic carbocycles. The van der Waals surface area contributed by atoms with E-state index in [2.05, 4.69) is 48.8 Å². The first-order valence-corrected chi connectivity index (χ1v) is 11.6. The molecule has 0 aromatic heterocycles. The van der Waals surface area contributed by atoms with Crippen molar-refractivity contribution in [3.63, 3.8) is 0 Å². The van der Waals surface area contributed by atoms with E-state index in [4.69, 9.17) is 9.47 Å². The maximum Gasteiger partial charge on any atom is 0.306 e. The molecule has 1 aromatic carbocycles. The average Bonchev–Trinajstić information content (AvgIpc) is 2.65. The van der Waals surface area contributed by atoms with Gasteiger partial charge in [-0.15, -0.1) is 11.8 Å². The molecule has 1 saturated carbocycles. The maximum absolute atomic E-state index is 12.4. The van der Waals surface area contributed by atoms with Crippen molar-refractivity contribution in [1.82, 2.24) is 0 Å². The molecule has 0 heterocycles. The van der Waals surface area contributed by atoms with Crippen molar-refractivity contribution in [2.45, 2.75) is 63.0 Å². The van der Waals surface area contributed by atoms with E-state index in [-0.39, 0.29) is 16.8 Å². The molecule has 0 N–H and O–H groups in total. The fourth-order valence-corrected chi connectivity index (χ4v) is 7.88. The van der Waals surface area contributed by atoms with Crippen molar-refractivity contribution >= 4 is 33.7 Å². The molecule has 0 spiro atoms. The van der Waals surface area contributed by atoms with Gasteiger partial charge in [0.05, 0.1) is 20.6 Å². The number of rotatable bonds is 5. The number of ether oxygens (including phenoxy) is 2. The van der Waals surface area contributed by atoms with E-state index in [9.17, 15) is 4.79 Å². The lowest BCUT2D eigenvalue weighted by molar-refractivity contribution is -0.147. The largest absolute Gasteiger partial charge is 0.497 e. The zero-order valence-electron chi connectivity index (χ0n) is 17.5. The summed E-state index contributed by atoms with van der Waals surface area (Å²) >= 11 is 5.85. The lowest BCUT2D eigenvalue weighted by atomic mass is 9.50. The highest BCUT2D eigenvalue weighted by Crippen LogP contribution is 2.64. The number of halogens is 1. The summed E-state index contributed by atoms with van der Waals surface area (Å²) in [7, 11) is 3.20. The fraction of sp³-hybridized carbons (Fsp3) is 0.609. The lowest BCUT2D eigenvalue weighted by Gasteiger charge is -2.57. The molecule has 28 heavy (non-hydrogen) atoms. The number of benzene rings is 1. The molecule has 2 aliphatic rings. The van der Waals surface area contributed by atoms with Crippen molar-refractivity contribution in [2.75, 3.05) is 14.2 Å². The number of hydrogen-bond donors (Lipinski definition) is 0. The van der Waals surface area contributed by atoms with Crippen LogP contribution >= 0.6 is 27.7 Å². The Bertz CT molecular complexity index is 756. The van der Waals surface area contributed by atoms with Gasteiger partial charge in [0.25, 0.3) is 0 Å². The molecule has 0 aliphatic heterocycles. The molecule has 0 radical (unpaired) electrons. The SMILES string of the molecule is COC(=O)C[C@@]12CCCC(C)(C)[C@@H]1[C@@H](Sc1ccc(OC)cc1)C(Br)=C(C)C2. The monoisotopic (exact) mass is 466 g/mol. The number of fused-ring (bicyclic) bond motifs is 1. The minimum atomic E-state index is -0.0817. The van der Waals surface area contributed by atoms with E-state index >= 15 is 0 Å². The smallest absolute Gasteiger partial charge is 0.306 e. The second-order valence-corrected chi connectivity index (χ2v) is 11.0. The average molecular weight is 467 g/mol. The van der Waals surface area contributed by atoms with Crippen LogP contribution in [0.5, 0.6) is 5.75 Å². The first kappa shape index (κ1) is 21.8. The van der Waals surface area contributed by atoms with Crippen molar-refractivity contribution in [3.05, 3.63) is 34.3 Å². The molecular formula is C23H31BrO3S. The second-order valence-electron chi connectivity index (χ2n) is 8.95. The molecule has 5 heteroatoms. The number of carbonyl (C=O) groups is 1. The number of carbonyl (C=O) groups excluding carboxylic acids is 1. The van der Waals surface area contributed by atoms with Crippen LogP contribution in [-0.2, 0) is 9.53 Å². The number of hydrogen-bond acceptors (Lipinski definition) is 4. The van der Waals surface area contributed by atoms with Gasteiger partial charge in [-0.25, -0.2) is 0 Å². The molecule has 3 nitrogen and oxygen atoms in total. The summed E-state index contributed by atoms with van der Waals surface area (Å²) < 4.78 is 11.7. The van der Waals surface area contributed by atoms with E-state index in [1.807, 2.05) is 23.9 Å². The lowest BCUT2D eigenvalue weighted by Crippen LogP contribution is -2.52. The van der Waals surface area contributed by atoms with E-state index in [1.54, 1.807) is 7.11 Å². The summed E-state index contributed by atoms with van der Waals surface area (Å²) in [5, 5.41) is 0.294. The molecule has 3 rings (SSSR count). The van der Waals surface area contributed by atoms with Crippen LogP contribution in [0.25, 0.3) is 0 Å². The van der Waals surface area contributed by atoms with Gasteiger partial charge in [0, 0.05) is 14.6 Å². The van der Waals surface area contributed by atoms with Crippen molar-refractivity contribution < 1.29 is 14.3 Å². The number of thioether (sulfide) groups is 1. The Morgan fingerprint density at radius 2 is 1.89 bits per heavy atom. The van der Waals surface area contributed by atoms with Gasteiger partial charge in [0.15, 0.2) is 0 Å². The van der Waals surface area contributed by atoms with Crippen LogP contribution in [0.15, 0.2) is 39.2 Å². The van der Waals surface area contributed by atoms with Crippen LogP contribution in [0.2, 0.25) is 0 Å². The Hall–Kier alpha value is -0.940. The Labute approximate surface area is 181 Å². The zero-order valence-corrected chi connectivity index (χ0v) is 19.9. The summed E-state index contributed by atoms with van der Waals surface area (Å²) in [5.41, 5.74) is 1.50. The van der Waals surface area contributed by atoms with Crippen molar-refractivity contribution in [2.24, 2.45) is 16.7 Å². The van der Waals surface area contributed by atoms with Crippen LogP contribution in [0, 0.1) is 16.7 Å². The number of allylic oxidation sites excluding steroid dienone is 1. The minimum Gasteiger partial charge on any atom is -0.497 e. The van der Waals surface area contributed by atoms with E-state index < -0.39 is 0 Å². The highest BCUT2D eigenvalue weighted by Gasteiger charge is 2.56. The van der Waals surface area contributed by atoms with Gasteiger partial charge in [-0.1, -0.05) is 41.8 Å². The summed E-state index contributed by atoms with van der Waals surface area (Å²) in [5.74, 6) is 1.19. The quantitative estimate of drug-likeness (QED) is 0.457.